The lowest BCUT2D eigenvalue weighted by molar-refractivity contribution is -0.132. The van der Waals surface area contributed by atoms with Gasteiger partial charge >= 0.3 is 0 Å². The number of hydrogen-bond acceptors (Lipinski definition) is 5. The van der Waals surface area contributed by atoms with Gasteiger partial charge in [-0.05, 0) is 31.0 Å². The van der Waals surface area contributed by atoms with Crippen molar-refractivity contribution in [2.24, 2.45) is 5.92 Å². The van der Waals surface area contributed by atoms with Crippen LogP contribution in [0.3, 0.4) is 0 Å². The number of nitrogens with one attached hydrogen (secondary N) is 1. The molecule has 1 N–H and O–H groups in total. The number of hydrogen-bond donors (Lipinski definition) is 1. The Hall–Kier alpha value is -1.97. The average Bonchev–Trinajstić information content (AvgIpc) is 2.69. The Labute approximate surface area is 159 Å². The maximum atomic E-state index is 12.7. The van der Waals surface area contributed by atoms with Crippen LogP contribution in [-0.2, 0) is 24.3 Å². The first kappa shape index (κ1) is 19.8. The van der Waals surface area contributed by atoms with E-state index in [1.54, 1.807) is 17.0 Å². The first-order chi connectivity index (χ1) is 12.9. The van der Waals surface area contributed by atoms with Gasteiger partial charge < -0.3 is 15.0 Å². The van der Waals surface area contributed by atoms with E-state index in [1.807, 2.05) is 0 Å². The Morgan fingerprint density at radius 2 is 1.78 bits per heavy atom. The van der Waals surface area contributed by atoms with Crippen LogP contribution in [0.2, 0.25) is 0 Å². The third-order valence-electron chi connectivity index (χ3n) is 5.02. The summed E-state index contributed by atoms with van der Waals surface area (Å²) in [5.41, 5.74) is 0.461. The zero-order valence-corrected chi connectivity index (χ0v) is 16.2. The minimum Gasteiger partial charge on any atom is -0.379 e. The van der Waals surface area contributed by atoms with Gasteiger partial charge in [-0.15, -0.1) is 0 Å². The Morgan fingerprint density at radius 1 is 1.11 bits per heavy atom. The van der Waals surface area contributed by atoms with Gasteiger partial charge in [0.1, 0.15) is 0 Å². The van der Waals surface area contributed by atoms with Crippen molar-refractivity contribution in [2.45, 2.75) is 24.7 Å². The predicted octanol–water partition coefficient (Wildman–Crippen LogP) is 0.905. The Kier molecular flexibility index (Phi) is 6.13. The molecule has 2 amide bonds. The molecule has 0 bridgehead atoms. The highest BCUT2D eigenvalue weighted by atomic mass is 32.2. The molecule has 8 nitrogen and oxygen atoms in total. The van der Waals surface area contributed by atoms with Crippen LogP contribution in [0, 0.1) is 5.92 Å². The van der Waals surface area contributed by atoms with Crippen LogP contribution in [0.25, 0.3) is 0 Å². The summed E-state index contributed by atoms with van der Waals surface area (Å²) in [6.45, 7) is 4.09. The molecule has 1 aromatic rings. The molecule has 2 aliphatic rings. The molecule has 0 saturated carbocycles. The number of carbonyl (C=O) groups is 2. The van der Waals surface area contributed by atoms with Crippen LogP contribution in [-0.4, -0.2) is 68.8 Å². The summed E-state index contributed by atoms with van der Waals surface area (Å²) in [5.74, 6) is -0.297. The second kappa shape index (κ2) is 8.37. The van der Waals surface area contributed by atoms with Crippen LogP contribution < -0.4 is 5.32 Å². The van der Waals surface area contributed by atoms with Crippen molar-refractivity contribution in [1.29, 1.82) is 0 Å². The van der Waals surface area contributed by atoms with E-state index in [0.29, 0.717) is 57.9 Å². The van der Waals surface area contributed by atoms with E-state index in [1.165, 1.54) is 23.4 Å². The number of rotatable bonds is 4. The largest absolute Gasteiger partial charge is 0.379 e. The molecule has 2 heterocycles. The highest BCUT2D eigenvalue weighted by Crippen LogP contribution is 2.23. The standard InChI is InChI=1S/C18H25N3O5S/c1-14(22)20-7-5-15(6-8-20)18(23)19-16-3-2-4-17(13-16)27(24,25)21-9-11-26-12-10-21/h2-4,13,15H,5-12H2,1H3,(H,19,23). The van der Waals surface area contributed by atoms with Crippen molar-refractivity contribution < 1.29 is 22.7 Å². The van der Waals surface area contributed by atoms with Crippen LogP contribution >= 0.6 is 0 Å². The van der Waals surface area contributed by atoms with Crippen LogP contribution in [0.5, 0.6) is 0 Å². The second-order valence-electron chi connectivity index (χ2n) is 6.81. The highest BCUT2D eigenvalue weighted by Gasteiger charge is 2.28. The number of benzene rings is 1. The van der Waals surface area contributed by atoms with Gasteiger partial charge in [0, 0.05) is 44.7 Å². The van der Waals surface area contributed by atoms with Gasteiger partial charge in [0.25, 0.3) is 0 Å². The van der Waals surface area contributed by atoms with E-state index in [0.717, 1.165) is 0 Å². The average molecular weight is 395 g/mol. The predicted molar refractivity (Wildman–Crippen MR) is 99.6 cm³/mol. The number of nitrogens with zero attached hydrogens (tertiary/aromatic N) is 2. The lowest BCUT2D eigenvalue weighted by Crippen LogP contribution is -2.41. The van der Waals surface area contributed by atoms with Crippen molar-refractivity contribution in [3.63, 3.8) is 0 Å². The topological polar surface area (TPSA) is 96.0 Å². The Morgan fingerprint density at radius 3 is 2.41 bits per heavy atom. The smallest absolute Gasteiger partial charge is 0.243 e. The number of piperidine rings is 1. The van der Waals surface area contributed by atoms with E-state index in [2.05, 4.69) is 5.32 Å². The van der Waals surface area contributed by atoms with E-state index >= 15 is 0 Å². The summed E-state index contributed by atoms with van der Waals surface area (Å²) < 4.78 is 32.1. The first-order valence-corrected chi connectivity index (χ1v) is 10.6. The third-order valence-corrected chi connectivity index (χ3v) is 6.92. The molecule has 0 aromatic heterocycles. The second-order valence-corrected chi connectivity index (χ2v) is 8.75. The zero-order valence-electron chi connectivity index (χ0n) is 15.4. The number of ether oxygens (including phenoxy) is 1. The van der Waals surface area contributed by atoms with E-state index in [9.17, 15) is 18.0 Å². The molecular formula is C18H25N3O5S. The van der Waals surface area contributed by atoms with Crippen molar-refractivity contribution in [1.82, 2.24) is 9.21 Å². The van der Waals surface area contributed by atoms with Gasteiger partial charge in [-0.3, -0.25) is 9.59 Å². The number of sulfonamides is 1. The summed E-state index contributed by atoms with van der Waals surface area (Å²) in [5, 5.41) is 2.82. The third kappa shape index (κ3) is 4.66. The minimum absolute atomic E-state index is 0.0230. The molecule has 3 rings (SSSR count). The Bertz CT molecular complexity index is 797. The van der Waals surface area contributed by atoms with Crippen LogP contribution in [0.1, 0.15) is 19.8 Å². The fourth-order valence-electron chi connectivity index (χ4n) is 3.37. The molecule has 2 aliphatic heterocycles. The summed E-state index contributed by atoms with van der Waals surface area (Å²) in [7, 11) is -3.60. The molecule has 0 aliphatic carbocycles. The lowest BCUT2D eigenvalue weighted by Gasteiger charge is -2.30. The zero-order chi connectivity index (χ0) is 19.4. The molecule has 148 valence electrons. The lowest BCUT2D eigenvalue weighted by atomic mass is 9.96. The molecule has 2 saturated heterocycles. The normalized spacial score (nSPS) is 19.7. The summed E-state index contributed by atoms with van der Waals surface area (Å²) >= 11 is 0. The van der Waals surface area contributed by atoms with Crippen molar-refractivity contribution in [3.8, 4) is 0 Å². The molecule has 0 atom stereocenters. The van der Waals surface area contributed by atoms with Gasteiger partial charge in [-0.2, -0.15) is 4.31 Å². The molecule has 27 heavy (non-hydrogen) atoms. The van der Waals surface area contributed by atoms with E-state index in [4.69, 9.17) is 4.74 Å². The minimum atomic E-state index is -3.60. The van der Waals surface area contributed by atoms with Gasteiger partial charge in [0.2, 0.25) is 21.8 Å². The number of anilines is 1. The number of likely N-dealkylation sites (tertiary alicyclic amines) is 1. The molecule has 0 spiro atoms. The number of morpholine rings is 1. The molecule has 2 fully saturated rings. The first-order valence-electron chi connectivity index (χ1n) is 9.12. The quantitative estimate of drug-likeness (QED) is 0.817. The van der Waals surface area contributed by atoms with Crippen molar-refractivity contribution >= 4 is 27.5 Å². The summed E-state index contributed by atoms with van der Waals surface area (Å²) in [4.78, 5) is 25.8. The molecule has 0 radical (unpaired) electrons. The van der Waals surface area contributed by atoms with Crippen LogP contribution in [0.4, 0.5) is 5.69 Å². The van der Waals surface area contributed by atoms with E-state index < -0.39 is 10.0 Å². The van der Waals surface area contributed by atoms with E-state index in [-0.39, 0.29) is 22.6 Å². The summed E-state index contributed by atoms with van der Waals surface area (Å²) in [6.07, 6.45) is 1.22. The van der Waals surface area contributed by atoms with Gasteiger partial charge in [-0.1, -0.05) is 6.07 Å². The van der Waals surface area contributed by atoms with Gasteiger partial charge in [-0.25, -0.2) is 8.42 Å². The fraction of sp³-hybridized carbons (Fsp3) is 0.556. The van der Waals surface area contributed by atoms with Gasteiger partial charge in [0.05, 0.1) is 18.1 Å². The monoisotopic (exact) mass is 395 g/mol. The SMILES string of the molecule is CC(=O)N1CCC(C(=O)Nc2cccc(S(=O)(=O)N3CCOCC3)c2)CC1. The number of carbonyl (C=O) groups excluding carboxylic acids is 2. The fourth-order valence-corrected chi connectivity index (χ4v) is 4.83. The van der Waals surface area contributed by atoms with Crippen molar-refractivity contribution in [2.75, 3.05) is 44.7 Å². The molecule has 1 aromatic carbocycles. The Balaban J connectivity index is 1.65. The van der Waals surface area contributed by atoms with Crippen molar-refractivity contribution in [3.05, 3.63) is 24.3 Å². The summed E-state index contributed by atoms with van der Waals surface area (Å²) in [6, 6.07) is 6.33. The maximum absolute atomic E-state index is 12.7. The van der Waals surface area contributed by atoms with Crippen LogP contribution in [0.15, 0.2) is 29.2 Å². The highest BCUT2D eigenvalue weighted by molar-refractivity contribution is 7.89. The molecule has 0 unspecified atom stereocenters. The molecule has 9 heteroatoms. The number of amides is 2. The maximum Gasteiger partial charge on any atom is 0.243 e. The molecular weight excluding hydrogens is 370 g/mol. The van der Waals surface area contributed by atoms with Gasteiger partial charge in [0.15, 0.2) is 0 Å².